The standard InChI is InChI=1S/C21H23N3O2S/c1-13-4-7-18-16(8-13)17-10-23(3)11-20-21(17)24(18)12-19(27(20,25)26)15-6-5-14(2)22-9-15/h4-9,19-20H,10-12H2,1-3H3. The second-order valence-electron chi connectivity index (χ2n) is 7.99. The van der Waals surface area contributed by atoms with Crippen molar-refractivity contribution < 1.29 is 8.42 Å². The highest BCUT2D eigenvalue weighted by Gasteiger charge is 2.46. The van der Waals surface area contributed by atoms with Crippen LogP contribution in [-0.4, -0.2) is 36.5 Å². The molecule has 140 valence electrons. The van der Waals surface area contributed by atoms with Crippen LogP contribution in [0.1, 0.15) is 38.6 Å². The summed E-state index contributed by atoms with van der Waals surface area (Å²) in [6.45, 7) is 5.81. The number of pyridine rings is 1. The van der Waals surface area contributed by atoms with E-state index in [1.54, 1.807) is 6.20 Å². The van der Waals surface area contributed by atoms with Crippen LogP contribution in [0.15, 0.2) is 36.5 Å². The Balaban J connectivity index is 1.79. The minimum atomic E-state index is -3.36. The van der Waals surface area contributed by atoms with Crippen molar-refractivity contribution in [1.82, 2.24) is 14.5 Å². The normalized spacial score (nSPS) is 24.1. The van der Waals surface area contributed by atoms with E-state index >= 15 is 0 Å². The molecule has 2 aliphatic rings. The van der Waals surface area contributed by atoms with Crippen LogP contribution in [0, 0.1) is 13.8 Å². The van der Waals surface area contributed by atoms with Crippen molar-refractivity contribution in [1.29, 1.82) is 0 Å². The third kappa shape index (κ3) is 2.39. The fraction of sp³-hybridized carbons (Fsp3) is 0.381. The van der Waals surface area contributed by atoms with Crippen LogP contribution in [0.2, 0.25) is 0 Å². The Labute approximate surface area is 159 Å². The number of likely N-dealkylation sites (N-methyl/N-ethyl adjacent to an activating group) is 1. The van der Waals surface area contributed by atoms with Gasteiger partial charge < -0.3 is 9.47 Å². The molecule has 5 nitrogen and oxygen atoms in total. The zero-order valence-corrected chi connectivity index (χ0v) is 16.6. The Kier molecular flexibility index (Phi) is 3.55. The minimum Gasteiger partial charge on any atom is -0.341 e. The Morgan fingerprint density at radius 3 is 2.63 bits per heavy atom. The molecule has 6 heteroatoms. The van der Waals surface area contributed by atoms with Crippen molar-refractivity contribution in [2.75, 3.05) is 13.6 Å². The minimum absolute atomic E-state index is 0.460. The van der Waals surface area contributed by atoms with Gasteiger partial charge in [-0.25, -0.2) is 8.42 Å². The Hall–Kier alpha value is -2.18. The third-order valence-electron chi connectivity index (χ3n) is 6.03. The largest absolute Gasteiger partial charge is 0.341 e. The van der Waals surface area contributed by atoms with E-state index in [0.29, 0.717) is 13.1 Å². The lowest BCUT2D eigenvalue weighted by atomic mass is 10.0. The molecule has 2 aliphatic heterocycles. The van der Waals surface area contributed by atoms with E-state index in [2.05, 4.69) is 39.6 Å². The number of benzene rings is 1. The molecule has 0 aliphatic carbocycles. The van der Waals surface area contributed by atoms with Crippen molar-refractivity contribution >= 4 is 20.7 Å². The highest BCUT2D eigenvalue weighted by molar-refractivity contribution is 7.92. The number of aromatic nitrogens is 2. The van der Waals surface area contributed by atoms with Gasteiger partial charge in [-0.2, -0.15) is 0 Å². The molecule has 0 fully saturated rings. The molecule has 1 aromatic carbocycles. The van der Waals surface area contributed by atoms with Crippen molar-refractivity contribution in [3.8, 4) is 0 Å². The van der Waals surface area contributed by atoms with Gasteiger partial charge in [0.1, 0.15) is 10.5 Å². The van der Waals surface area contributed by atoms with Crippen LogP contribution >= 0.6 is 0 Å². The van der Waals surface area contributed by atoms with Gasteiger partial charge in [0.25, 0.3) is 0 Å². The smallest absolute Gasteiger partial charge is 0.168 e. The third-order valence-corrected chi connectivity index (χ3v) is 8.41. The lowest BCUT2D eigenvalue weighted by Gasteiger charge is -2.38. The van der Waals surface area contributed by atoms with Gasteiger partial charge in [-0.1, -0.05) is 17.7 Å². The van der Waals surface area contributed by atoms with Gasteiger partial charge >= 0.3 is 0 Å². The number of fused-ring (bicyclic) bond motifs is 3. The van der Waals surface area contributed by atoms with Gasteiger partial charge in [0, 0.05) is 48.1 Å². The van der Waals surface area contributed by atoms with E-state index in [9.17, 15) is 8.42 Å². The summed E-state index contributed by atoms with van der Waals surface area (Å²) in [5.74, 6) is 0. The topological polar surface area (TPSA) is 55.2 Å². The van der Waals surface area contributed by atoms with Gasteiger partial charge in [0.15, 0.2) is 9.84 Å². The first-order chi connectivity index (χ1) is 12.9. The van der Waals surface area contributed by atoms with E-state index < -0.39 is 20.3 Å². The van der Waals surface area contributed by atoms with E-state index in [0.717, 1.165) is 29.0 Å². The van der Waals surface area contributed by atoms with E-state index in [4.69, 9.17) is 0 Å². The second-order valence-corrected chi connectivity index (χ2v) is 10.3. The summed E-state index contributed by atoms with van der Waals surface area (Å²) in [5, 5.41) is 0.151. The van der Waals surface area contributed by atoms with E-state index in [1.807, 2.05) is 26.1 Å². The fourth-order valence-corrected chi connectivity index (χ4v) is 7.00. The van der Waals surface area contributed by atoms with E-state index in [-0.39, 0.29) is 0 Å². The lowest BCUT2D eigenvalue weighted by molar-refractivity contribution is 0.295. The first-order valence-electron chi connectivity index (χ1n) is 9.31. The van der Waals surface area contributed by atoms with Crippen molar-refractivity contribution in [3.63, 3.8) is 0 Å². The highest BCUT2D eigenvalue weighted by atomic mass is 32.2. The Morgan fingerprint density at radius 1 is 1.07 bits per heavy atom. The lowest BCUT2D eigenvalue weighted by Crippen LogP contribution is -2.41. The molecule has 0 amide bonds. The van der Waals surface area contributed by atoms with Gasteiger partial charge in [0.05, 0.1) is 0 Å². The van der Waals surface area contributed by atoms with Crippen molar-refractivity contribution in [2.45, 2.75) is 37.4 Å². The molecule has 0 spiro atoms. The average Bonchev–Trinajstić information content (AvgIpc) is 2.92. The van der Waals surface area contributed by atoms with Gasteiger partial charge in [-0.3, -0.25) is 4.98 Å². The first-order valence-corrected chi connectivity index (χ1v) is 10.9. The van der Waals surface area contributed by atoms with Crippen LogP contribution in [0.25, 0.3) is 10.9 Å². The summed E-state index contributed by atoms with van der Waals surface area (Å²) in [5.41, 5.74) is 6.21. The number of nitrogens with zero attached hydrogens (tertiary/aromatic N) is 3. The summed E-state index contributed by atoms with van der Waals surface area (Å²) in [6, 6.07) is 10.3. The molecule has 2 unspecified atom stereocenters. The van der Waals surface area contributed by atoms with Crippen LogP contribution in [0.5, 0.6) is 0 Å². The predicted molar refractivity (Wildman–Crippen MR) is 106 cm³/mol. The maximum atomic E-state index is 13.6. The van der Waals surface area contributed by atoms with E-state index in [1.165, 1.54) is 16.5 Å². The molecule has 0 saturated heterocycles. The molecular formula is C21H23N3O2S. The maximum Gasteiger partial charge on any atom is 0.168 e. The molecule has 5 rings (SSSR count). The highest BCUT2D eigenvalue weighted by Crippen LogP contribution is 2.47. The molecule has 0 N–H and O–H groups in total. The number of hydrogen-bond donors (Lipinski definition) is 0. The van der Waals surface area contributed by atoms with Crippen LogP contribution < -0.4 is 0 Å². The summed E-state index contributed by atoms with van der Waals surface area (Å²) >= 11 is 0. The van der Waals surface area contributed by atoms with Crippen LogP contribution in [0.4, 0.5) is 0 Å². The summed E-state index contributed by atoms with van der Waals surface area (Å²) in [7, 11) is -1.35. The Morgan fingerprint density at radius 2 is 1.89 bits per heavy atom. The molecule has 3 aromatic rings. The fourth-order valence-electron chi connectivity index (χ4n) is 4.68. The van der Waals surface area contributed by atoms with Gasteiger partial charge in [-0.15, -0.1) is 0 Å². The van der Waals surface area contributed by atoms with Gasteiger partial charge in [-0.05, 0) is 50.2 Å². The molecule has 27 heavy (non-hydrogen) atoms. The molecular weight excluding hydrogens is 358 g/mol. The zero-order chi connectivity index (χ0) is 18.9. The zero-order valence-electron chi connectivity index (χ0n) is 15.8. The number of sulfone groups is 1. The van der Waals surface area contributed by atoms with Crippen LogP contribution in [-0.2, 0) is 22.9 Å². The molecule has 0 bridgehead atoms. The molecule has 0 radical (unpaired) electrons. The van der Waals surface area contributed by atoms with Gasteiger partial charge in [0.2, 0.25) is 0 Å². The number of aryl methyl sites for hydroxylation is 2. The predicted octanol–water partition coefficient (Wildman–Crippen LogP) is 3.31. The first kappa shape index (κ1) is 17.0. The Bertz CT molecular complexity index is 1160. The monoisotopic (exact) mass is 381 g/mol. The van der Waals surface area contributed by atoms with Crippen LogP contribution in [0.3, 0.4) is 0 Å². The second kappa shape index (κ2) is 5.66. The number of hydrogen-bond acceptors (Lipinski definition) is 4. The van der Waals surface area contributed by atoms with Crippen molar-refractivity contribution in [2.24, 2.45) is 0 Å². The van der Waals surface area contributed by atoms with Crippen molar-refractivity contribution in [3.05, 3.63) is 64.6 Å². The quantitative estimate of drug-likeness (QED) is 0.649. The molecule has 0 saturated carbocycles. The summed E-state index contributed by atoms with van der Waals surface area (Å²) < 4.78 is 29.5. The SMILES string of the molecule is Cc1ccc2c(c1)c1c3n2CC(c2ccc(C)nc2)S(=O)(=O)C3CN(C)C1. The summed E-state index contributed by atoms with van der Waals surface area (Å²) in [4.78, 5) is 6.48. The maximum absolute atomic E-state index is 13.6. The average molecular weight is 382 g/mol. The molecule has 4 heterocycles. The summed E-state index contributed by atoms with van der Waals surface area (Å²) in [6.07, 6.45) is 1.73. The number of rotatable bonds is 1. The molecule has 2 aromatic heterocycles. The molecule has 2 atom stereocenters.